The lowest BCUT2D eigenvalue weighted by Crippen LogP contribution is -2.43. The van der Waals surface area contributed by atoms with Gasteiger partial charge in [-0.1, -0.05) is 20.8 Å². The van der Waals surface area contributed by atoms with Gasteiger partial charge in [0.05, 0.1) is 32.2 Å². The van der Waals surface area contributed by atoms with Gasteiger partial charge in [-0.25, -0.2) is 14.8 Å². The van der Waals surface area contributed by atoms with Gasteiger partial charge in [-0.2, -0.15) is 18.2 Å². The third-order valence-electron chi connectivity index (χ3n) is 8.66. The summed E-state index contributed by atoms with van der Waals surface area (Å²) in [5, 5.41) is 7.60. The molecule has 56 heavy (non-hydrogen) atoms. The zero-order chi connectivity index (χ0) is 41.0. The Bertz CT molecular complexity index is 1930. The van der Waals surface area contributed by atoms with Gasteiger partial charge in [0.2, 0.25) is 17.8 Å². The molecule has 1 aliphatic rings. The molecule has 17 nitrogen and oxygen atoms in total. The van der Waals surface area contributed by atoms with Crippen LogP contribution in [-0.4, -0.2) is 94.4 Å². The van der Waals surface area contributed by atoms with Gasteiger partial charge in [-0.05, 0) is 49.9 Å². The number of hydrogen-bond donors (Lipinski definition) is 4. The van der Waals surface area contributed by atoms with Crippen molar-refractivity contribution in [1.29, 1.82) is 0 Å². The number of fused-ring (bicyclic) bond motifs is 1. The van der Waals surface area contributed by atoms with Crippen molar-refractivity contribution in [3.63, 3.8) is 0 Å². The van der Waals surface area contributed by atoms with Crippen LogP contribution in [0.4, 0.5) is 24.8 Å². The number of amides is 4. The molecule has 0 bridgehead atoms. The molecule has 0 aliphatic heterocycles. The van der Waals surface area contributed by atoms with Crippen LogP contribution >= 0.6 is 0 Å². The zero-order valence-corrected chi connectivity index (χ0v) is 31.4. The molecule has 1 aliphatic carbocycles. The van der Waals surface area contributed by atoms with Gasteiger partial charge < -0.3 is 24.8 Å². The minimum Gasteiger partial charge on any atom is -0.467 e. The highest BCUT2D eigenvalue weighted by Gasteiger charge is 2.43. The molecule has 20 heteroatoms. The van der Waals surface area contributed by atoms with Crippen molar-refractivity contribution in [2.45, 2.75) is 90.3 Å². The maximum absolute atomic E-state index is 13.7. The van der Waals surface area contributed by atoms with E-state index in [1.165, 1.54) is 0 Å². The number of carbonyl (C=O) groups is 5. The number of aromatic amines is 1. The number of carbonyl (C=O) groups excluding carboxylic acids is 5. The van der Waals surface area contributed by atoms with Gasteiger partial charge in [0.15, 0.2) is 17.0 Å². The number of anilines is 2. The quantitative estimate of drug-likeness (QED) is 0.0828. The largest absolute Gasteiger partial charge is 0.471 e. The number of nitrogens with one attached hydrogen (secondary N) is 4. The lowest BCUT2D eigenvalue weighted by Gasteiger charge is -2.29. The Hall–Kier alpha value is -5.50. The molecule has 0 radical (unpaired) electrons. The maximum Gasteiger partial charge on any atom is 0.471 e. The van der Waals surface area contributed by atoms with Crippen molar-refractivity contribution in [3.8, 4) is 0 Å². The summed E-state index contributed by atoms with van der Waals surface area (Å²) in [6, 6.07) is 3.19. The molecule has 4 rings (SSSR count). The molecule has 304 valence electrons. The van der Waals surface area contributed by atoms with E-state index in [2.05, 4.69) is 35.9 Å². The molecule has 4 N–H and O–H groups in total. The first-order valence-corrected chi connectivity index (χ1v) is 18.0. The van der Waals surface area contributed by atoms with Crippen molar-refractivity contribution in [2.24, 2.45) is 5.92 Å². The van der Waals surface area contributed by atoms with Crippen LogP contribution in [0.1, 0.15) is 81.8 Å². The minimum atomic E-state index is -5.32. The second-order valence-electron chi connectivity index (χ2n) is 13.3. The third kappa shape index (κ3) is 11.8. The van der Waals surface area contributed by atoms with E-state index >= 15 is 0 Å². The Labute approximate surface area is 319 Å². The smallest absolute Gasteiger partial charge is 0.467 e. The molecule has 2 heterocycles. The molecule has 3 aromatic rings. The number of aromatic nitrogens is 4. The molecule has 4 amide bonds. The number of benzene rings is 1. The lowest BCUT2D eigenvalue weighted by atomic mass is 10.1. The van der Waals surface area contributed by atoms with E-state index in [9.17, 15) is 41.9 Å². The number of alkyl halides is 3. The topological polar surface area (TPSA) is 224 Å². The summed E-state index contributed by atoms with van der Waals surface area (Å²) in [7, 11) is 1.11. The molecular formula is C36H45F3N8O9. The highest BCUT2D eigenvalue weighted by molar-refractivity contribution is 5.99. The average Bonchev–Trinajstić information content (AvgIpc) is 3.64. The van der Waals surface area contributed by atoms with Crippen molar-refractivity contribution >= 4 is 52.4 Å². The normalized spacial score (nSPS) is 14.3. The summed E-state index contributed by atoms with van der Waals surface area (Å²) >= 11 is 0. The third-order valence-corrected chi connectivity index (χ3v) is 8.66. The standard InChI is InChI=1S/C36H45F3N8O9/c1-5-17-55-35(14-6-7-15-35)56-18-16-40-26(48)13-12-25(32(52)54-4)43-30(50)22-8-10-24(11-9-22)47(33(53)36(37,38)39)20-23-19-41-28-27(42-23)31(51)46-34(44-28)45-29(49)21(2)3/h8-11,19,21,25H,5-7,12-18,20H2,1-4H3,(H,40,48)(H,43,50)(H2,41,44,45,46,49,51)/t25-/m0/s1. The molecule has 2 aromatic heterocycles. The lowest BCUT2D eigenvalue weighted by molar-refractivity contribution is -0.231. The molecule has 1 aromatic carbocycles. The van der Waals surface area contributed by atoms with Crippen molar-refractivity contribution < 1.29 is 51.4 Å². The molecule has 1 saturated carbocycles. The Morgan fingerprint density at radius 2 is 1.70 bits per heavy atom. The van der Waals surface area contributed by atoms with Gasteiger partial charge in [0.1, 0.15) is 6.04 Å². The summed E-state index contributed by atoms with van der Waals surface area (Å²) in [5.41, 5.74) is -1.98. The Balaban J connectivity index is 1.40. The molecule has 0 saturated heterocycles. The Kier molecular flexibility index (Phi) is 15.0. The van der Waals surface area contributed by atoms with E-state index in [0.717, 1.165) is 69.7 Å². The minimum absolute atomic E-state index is 0.0849. The van der Waals surface area contributed by atoms with E-state index in [4.69, 9.17) is 14.2 Å². The fourth-order valence-electron chi connectivity index (χ4n) is 5.69. The van der Waals surface area contributed by atoms with Gasteiger partial charge >= 0.3 is 18.1 Å². The van der Waals surface area contributed by atoms with Crippen molar-refractivity contribution in [1.82, 2.24) is 30.6 Å². The SMILES string of the molecule is CCCOC1(OCCNC(=O)CC[C@H](NC(=O)c2ccc(N(Cc3cnc4nc(NC(=O)C(C)C)[nH]c(=O)c4n3)C(=O)C(F)(F)F)cc2)C(=O)OC)CCCC1. The second kappa shape index (κ2) is 19.4. The highest BCUT2D eigenvalue weighted by atomic mass is 19.4. The predicted octanol–water partition coefficient (Wildman–Crippen LogP) is 3.28. The van der Waals surface area contributed by atoms with E-state index in [-0.39, 0.29) is 60.1 Å². The number of esters is 1. The number of ether oxygens (including phenoxy) is 3. The maximum atomic E-state index is 13.7. The van der Waals surface area contributed by atoms with Crippen molar-refractivity contribution in [3.05, 3.63) is 52.1 Å². The number of hydrogen-bond acceptors (Lipinski definition) is 12. The number of rotatable bonds is 18. The fraction of sp³-hybridized carbons (Fsp3) is 0.528. The molecular weight excluding hydrogens is 745 g/mol. The monoisotopic (exact) mass is 790 g/mol. The van der Waals surface area contributed by atoms with Crippen LogP contribution in [-0.2, 0) is 39.9 Å². The van der Waals surface area contributed by atoms with Crippen LogP contribution in [0.15, 0.2) is 35.3 Å². The number of methoxy groups -OCH3 is 1. The first kappa shape index (κ1) is 43.2. The number of nitrogens with zero attached hydrogens (tertiary/aromatic N) is 4. The van der Waals surface area contributed by atoms with Crippen molar-refractivity contribution in [2.75, 3.05) is 37.1 Å². The predicted molar refractivity (Wildman–Crippen MR) is 194 cm³/mol. The van der Waals surface area contributed by atoms with Crippen LogP contribution in [0.25, 0.3) is 11.2 Å². The average molecular weight is 791 g/mol. The summed E-state index contributed by atoms with van der Waals surface area (Å²) < 4.78 is 57.9. The summed E-state index contributed by atoms with van der Waals surface area (Å²) in [4.78, 5) is 90.1. The molecule has 1 fully saturated rings. The number of H-pyrrole nitrogens is 1. The van der Waals surface area contributed by atoms with Gasteiger partial charge in [-0.15, -0.1) is 0 Å². The van der Waals surface area contributed by atoms with Gasteiger partial charge in [0.25, 0.3) is 11.5 Å². The van der Waals surface area contributed by atoms with Crippen LogP contribution in [0, 0.1) is 5.92 Å². The van der Waals surface area contributed by atoms with E-state index in [1.54, 1.807) is 13.8 Å². The van der Waals surface area contributed by atoms with E-state index in [0.29, 0.717) is 11.5 Å². The molecule has 0 unspecified atom stereocenters. The van der Waals surface area contributed by atoms with Crippen LogP contribution in [0.2, 0.25) is 0 Å². The van der Waals surface area contributed by atoms with Gasteiger partial charge in [-0.3, -0.25) is 39.2 Å². The second-order valence-corrected chi connectivity index (χ2v) is 13.3. The van der Waals surface area contributed by atoms with Crippen LogP contribution < -0.4 is 26.4 Å². The Morgan fingerprint density at radius 1 is 1.02 bits per heavy atom. The highest BCUT2D eigenvalue weighted by Crippen LogP contribution is 2.34. The molecule has 1 atom stereocenters. The van der Waals surface area contributed by atoms with Crippen LogP contribution in [0.5, 0.6) is 0 Å². The molecule has 0 spiro atoms. The van der Waals surface area contributed by atoms with Crippen LogP contribution in [0.3, 0.4) is 0 Å². The zero-order valence-electron chi connectivity index (χ0n) is 31.4. The summed E-state index contributed by atoms with van der Waals surface area (Å²) in [6.07, 6.45) is -0.184. The Morgan fingerprint density at radius 3 is 2.32 bits per heavy atom. The van der Waals surface area contributed by atoms with E-state index < -0.39 is 65.6 Å². The van der Waals surface area contributed by atoms with Gasteiger partial charge in [0, 0.05) is 49.6 Å². The fourth-order valence-corrected chi connectivity index (χ4v) is 5.69. The first-order chi connectivity index (χ1) is 26.6. The number of halogens is 3. The van der Waals surface area contributed by atoms with E-state index in [1.807, 2.05) is 6.92 Å². The summed E-state index contributed by atoms with van der Waals surface area (Å²) in [6.45, 7) is 5.46. The summed E-state index contributed by atoms with van der Waals surface area (Å²) in [5.74, 6) is -6.01. The first-order valence-electron chi connectivity index (χ1n) is 18.0.